The van der Waals surface area contributed by atoms with Crippen molar-refractivity contribution in [1.29, 1.82) is 0 Å². The fourth-order valence-corrected chi connectivity index (χ4v) is 2.79. The number of hydrogen-bond acceptors (Lipinski definition) is 4. The third-order valence-corrected chi connectivity index (χ3v) is 3.97. The lowest BCUT2D eigenvalue weighted by Gasteiger charge is -2.24. The first kappa shape index (κ1) is 15.8. The SMILES string of the molecule is O=C(N[C@H]1CCN(c2c(F)cccc2F)C1=O)[C@H]1COCCN1. The molecule has 0 spiro atoms. The number of carbonyl (C=O) groups is 2. The standard InChI is InChI=1S/C15H17F2N3O3/c16-9-2-1-3-10(17)13(9)20-6-4-11(15(20)22)19-14(21)12-8-23-7-5-18-12/h1-3,11-12,18H,4-8H2,(H,19,21)/t11-,12+/m0/s1. The van der Waals surface area contributed by atoms with Gasteiger partial charge in [0.1, 0.15) is 29.4 Å². The number of benzene rings is 1. The van der Waals surface area contributed by atoms with Crippen LogP contribution < -0.4 is 15.5 Å². The van der Waals surface area contributed by atoms with E-state index in [1.54, 1.807) is 0 Å². The molecule has 6 nitrogen and oxygen atoms in total. The second-order valence-corrected chi connectivity index (χ2v) is 5.49. The second-order valence-electron chi connectivity index (χ2n) is 5.49. The topological polar surface area (TPSA) is 70.7 Å². The van der Waals surface area contributed by atoms with Gasteiger partial charge in [-0.05, 0) is 18.6 Å². The van der Waals surface area contributed by atoms with Gasteiger partial charge in [-0.25, -0.2) is 8.78 Å². The third kappa shape index (κ3) is 3.18. The molecule has 0 bridgehead atoms. The predicted molar refractivity (Wildman–Crippen MR) is 77.9 cm³/mol. The maximum absolute atomic E-state index is 13.8. The Bertz CT molecular complexity index is 600. The van der Waals surface area contributed by atoms with E-state index in [9.17, 15) is 18.4 Å². The predicted octanol–water partition coefficient (Wildman–Crippen LogP) is 0.175. The second kappa shape index (κ2) is 6.59. The molecular formula is C15H17F2N3O3. The molecule has 0 radical (unpaired) electrons. The van der Waals surface area contributed by atoms with Crippen molar-refractivity contribution in [2.24, 2.45) is 0 Å². The summed E-state index contributed by atoms with van der Waals surface area (Å²) >= 11 is 0. The molecule has 2 atom stereocenters. The molecule has 0 unspecified atom stereocenters. The molecule has 124 valence electrons. The smallest absolute Gasteiger partial charge is 0.249 e. The molecule has 2 aliphatic rings. The molecule has 23 heavy (non-hydrogen) atoms. The van der Waals surface area contributed by atoms with E-state index >= 15 is 0 Å². The lowest BCUT2D eigenvalue weighted by Crippen LogP contribution is -2.54. The van der Waals surface area contributed by atoms with Crippen LogP contribution in [0.4, 0.5) is 14.5 Å². The largest absolute Gasteiger partial charge is 0.378 e. The zero-order chi connectivity index (χ0) is 16.4. The van der Waals surface area contributed by atoms with Gasteiger partial charge in [0, 0.05) is 13.1 Å². The fourth-order valence-electron chi connectivity index (χ4n) is 2.79. The van der Waals surface area contributed by atoms with Crippen LogP contribution in [0.1, 0.15) is 6.42 Å². The quantitative estimate of drug-likeness (QED) is 0.831. The maximum atomic E-state index is 13.8. The molecule has 2 saturated heterocycles. The van der Waals surface area contributed by atoms with Crippen LogP contribution in [0.5, 0.6) is 0 Å². The van der Waals surface area contributed by atoms with Crippen molar-refractivity contribution in [2.75, 3.05) is 31.2 Å². The van der Waals surface area contributed by atoms with Crippen LogP contribution in [-0.4, -0.2) is 50.2 Å². The van der Waals surface area contributed by atoms with Crippen molar-refractivity contribution in [3.8, 4) is 0 Å². The van der Waals surface area contributed by atoms with Gasteiger partial charge in [0.05, 0.1) is 13.2 Å². The number of hydrogen-bond donors (Lipinski definition) is 2. The zero-order valence-corrected chi connectivity index (χ0v) is 12.4. The first-order chi connectivity index (χ1) is 11.1. The Morgan fingerprint density at radius 3 is 2.74 bits per heavy atom. The molecule has 3 rings (SSSR count). The summed E-state index contributed by atoms with van der Waals surface area (Å²) in [6.45, 7) is 1.48. The lowest BCUT2D eigenvalue weighted by atomic mass is 10.2. The number of halogens is 2. The Labute approximate surface area is 131 Å². The van der Waals surface area contributed by atoms with E-state index in [0.29, 0.717) is 19.6 Å². The number of carbonyl (C=O) groups excluding carboxylic acids is 2. The number of ether oxygens (including phenoxy) is 1. The molecule has 1 aromatic carbocycles. The average Bonchev–Trinajstić information content (AvgIpc) is 2.89. The first-order valence-electron chi connectivity index (χ1n) is 7.45. The van der Waals surface area contributed by atoms with E-state index in [4.69, 9.17) is 4.74 Å². The highest BCUT2D eigenvalue weighted by atomic mass is 19.1. The van der Waals surface area contributed by atoms with Gasteiger partial charge in [0.2, 0.25) is 11.8 Å². The molecule has 0 aliphatic carbocycles. The van der Waals surface area contributed by atoms with E-state index in [2.05, 4.69) is 10.6 Å². The summed E-state index contributed by atoms with van der Waals surface area (Å²) in [5.74, 6) is -2.46. The van der Waals surface area contributed by atoms with Crippen LogP contribution in [0.25, 0.3) is 0 Å². The van der Waals surface area contributed by atoms with Crippen LogP contribution in [0, 0.1) is 11.6 Å². The van der Waals surface area contributed by atoms with Gasteiger partial charge in [-0.3, -0.25) is 9.59 Å². The number of nitrogens with zero attached hydrogens (tertiary/aromatic N) is 1. The van der Waals surface area contributed by atoms with E-state index in [1.807, 2.05) is 0 Å². The molecule has 8 heteroatoms. The zero-order valence-electron chi connectivity index (χ0n) is 12.4. The Hall–Kier alpha value is -2.06. The van der Waals surface area contributed by atoms with Crippen LogP contribution in [0.2, 0.25) is 0 Å². The monoisotopic (exact) mass is 325 g/mol. The molecule has 2 N–H and O–H groups in total. The summed E-state index contributed by atoms with van der Waals surface area (Å²) < 4.78 is 32.8. The number of anilines is 1. The number of para-hydroxylation sites is 1. The molecule has 0 aromatic heterocycles. The highest BCUT2D eigenvalue weighted by Gasteiger charge is 2.37. The van der Waals surface area contributed by atoms with Gasteiger partial charge < -0.3 is 20.3 Å². The average molecular weight is 325 g/mol. The minimum Gasteiger partial charge on any atom is -0.378 e. The molecule has 1 aromatic rings. The fraction of sp³-hybridized carbons (Fsp3) is 0.467. The maximum Gasteiger partial charge on any atom is 0.249 e. The Kier molecular flexibility index (Phi) is 4.53. The molecule has 2 aliphatic heterocycles. The van der Waals surface area contributed by atoms with Crippen molar-refractivity contribution in [3.63, 3.8) is 0 Å². The summed E-state index contributed by atoms with van der Waals surface area (Å²) in [4.78, 5) is 25.5. The van der Waals surface area contributed by atoms with Gasteiger partial charge in [0.15, 0.2) is 0 Å². The van der Waals surface area contributed by atoms with Crippen LogP contribution in [0.15, 0.2) is 18.2 Å². The van der Waals surface area contributed by atoms with E-state index < -0.39 is 29.6 Å². The third-order valence-electron chi connectivity index (χ3n) is 3.97. The summed E-state index contributed by atoms with van der Waals surface area (Å²) in [6.07, 6.45) is 0.298. The molecular weight excluding hydrogens is 308 g/mol. The highest BCUT2D eigenvalue weighted by Crippen LogP contribution is 2.27. The number of morpholine rings is 1. The summed E-state index contributed by atoms with van der Waals surface area (Å²) in [5, 5.41) is 5.61. The Morgan fingerprint density at radius 2 is 2.09 bits per heavy atom. The van der Waals surface area contributed by atoms with Gasteiger partial charge in [-0.15, -0.1) is 0 Å². The van der Waals surface area contributed by atoms with Crippen LogP contribution >= 0.6 is 0 Å². The minimum atomic E-state index is -0.798. The number of nitrogens with one attached hydrogen (secondary N) is 2. The van der Waals surface area contributed by atoms with E-state index in [1.165, 1.54) is 6.07 Å². The van der Waals surface area contributed by atoms with Crippen molar-refractivity contribution < 1.29 is 23.1 Å². The number of rotatable bonds is 3. The molecule has 2 amide bonds. The van der Waals surface area contributed by atoms with Crippen LogP contribution in [0.3, 0.4) is 0 Å². The van der Waals surface area contributed by atoms with E-state index in [-0.39, 0.29) is 24.7 Å². The van der Waals surface area contributed by atoms with Gasteiger partial charge in [-0.1, -0.05) is 6.07 Å². The summed E-state index contributed by atoms with van der Waals surface area (Å²) in [7, 11) is 0. The van der Waals surface area contributed by atoms with Crippen molar-refractivity contribution >= 4 is 17.5 Å². The first-order valence-corrected chi connectivity index (χ1v) is 7.45. The van der Waals surface area contributed by atoms with Gasteiger partial charge >= 0.3 is 0 Å². The lowest BCUT2D eigenvalue weighted by molar-refractivity contribution is -0.129. The van der Waals surface area contributed by atoms with Crippen molar-refractivity contribution in [1.82, 2.24) is 10.6 Å². The molecule has 2 heterocycles. The number of amides is 2. The summed E-state index contributed by atoms with van der Waals surface area (Å²) in [5.41, 5.74) is -0.367. The molecule has 2 fully saturated rings. The van der Waals surface area contributed by atoms with Crippen LogP contribution in [-0.2, 0) is 14.3 Å². The van der Waals surface area contributed by atoms with Crippen molar-refractivity contribution in [3.05, 3.63) is 29.8 Å². The highest BCUT2D eigenvalue weighted by molar-refractivity contribution is 6.01. The van der Waals surface area contributed by atoms with Gasteiger partial charge in [0.25, 0.3) is 0 Å². The summed E-state index contributed by atoms with van der Waals surface area (Å²) in [6, 6.07) is 2.13. The Balaban J connectivity index is 1.68. The normalized spacial score (nSPS) is 24.8. The minimum absolute atomic E-state index is 0.149. The van der Waals surface area contributed by atoms with E-state index in [0.717, 1.165) is 17.0 Å². The molecule has 0 saturated carbocycles. The van der Waals surface area contributed by atoms with Gasteiger partial charge in [-0.2, -0.15) is 0 Å². The van der Waals surface area contributed by atoms with Crippen molar-refractivity contribution in [2.45, 2.75) is 18.5 Å². The Morgan fingerprint density at radius 1 is 1.35 bits per heavy atom.